The van der Waals surface area contributed by atoms with Gasteiger partial charge in [0.1, 0.15) is 12.0 Å². The van der Waals surface area contributed by atoms with Gasteiger partial charge in [-0.25, -0.2) is 4.79 Å². The monoisotopic (exact) mass is 286 g/mol. The Morgan fingerprint density at radius 2 is 1.80 bits per heavy atom. The SMILES string of the molecule is O=Cc1ccc(OC(=O)/C=C/c2cccc(Cl)c2)cc1. The van der Waals surface area contributed by atoms with E-state index in [4.69, 9.17) is 16.3 Å². The highest BCUT2D eigenvalue weighted by Crippen LogP contribution is 2.13. The Hall–Kier alpha value is -2.39. The molecule has 20 heavy (non-hydrogen) atoms. The molecule has 0 aliphatic carbocycles. The van der Waals surface area contributed by atoms with Crippen LogP contribution in [0.3, 0.4) is 0 Å². The van der Waals surface area contributed by atoms with Crippen molar-refractivity contribution >= 4 is 29.9 Å². The second-order valence-corrected chi connectivity index (χ2v) is 4.43. The summed E-state index contributed by atoms with van der Waals surface area (Å²) < 4.78 is 5.09. The lowest BCUT2D eigenvalue weighted by Crippen LogP contribution is -2.03. The first kappa shape index (κ1) is 14.0. The molecule has 4 heteroatoms. The van der Waals surface area contributed by atoms with Crippen molar-refractivity contribution < 1.29 is 14.3 Å². The molecule has 0 N–H and O–H groups in total. The fourth-order valence-corrected chi connectivity index (χ4v) is 1.74. The molecule has 0 spiro atoms. The van der Waals surface area contributed by atoms with E-state index in [0.29, 0.717) is 16.3 Å². The molecule has 0 atom stereocenters. The highest BCUT2D eigenvalue weighted by Gasteiger charge is 2.00. The Balaban J connectivity index is 1.99. The van der Waals surface area contributed by atoms with Crippen LogP contribution in [0.4, 0.5) is 0 Å². The maximum Gasteiger partial charge on any atom is 0.336 e. The quantitative estimate of drug-likeness (QED) is 0.372. The molecule has 2 aromatic rings. The summed E-state index contributed by atoms with van der Waals surface area (Å²) in [6, 6.07) is 13.4. The van der Waals surface area contributed by atoms with E-state index < -0.39 is 5.97 Å². The van der Waals surface area contributed by atoms with E-state index >= 15 is 0 Å². The number of carbonyl (C=O) groups excluding carboxylic acids is 2. The van der Waals surface area contributed by atoms with Crippen LogP contribution in [-0.2, 0) is 4.79 Å². The third-order valence-corrected chi connectivity index (χ3v) is 2.73. The zero-order chi connectivity index (χ0) is 14.4. The van der Waals surface area contributed by atoms with Crippen LogP contribution >= 0.6 is 11.6 Å². The molecule has 0 unspecified atom stereocenters. The maximum atomic E-state index is 11.6. The number of esters is 1. The van der Waals surface area contributed by atoms with Crippen LogP contribution < -0.4 is 4.74 Å². The summed E-state index contributed by atoms with van der Waals surface area (Å²) in [5.41, 5.74) is 1.34. The summed E-state index contributed by atoms with van der Waals surface area (Å²) in [5, 5.41) is 0.602. The normalized spacial score (nSPS) is 10.4. The number of carbonyl (C=O) groups is 2. The van der Waals surface area contributed by atoms with Gasteiger partial charge < -0.3 is 4.74 Å². The summed E-state index contributed by atoms with van der Waals surface area (Å²) >= 11 is 5.84. The lowest BCUT2D eigenvalue weighted by Gasteiger charge is -2.01. The molecule has 0 saturated heterocycles. The molecule has 3 nitrogen and oxygen atoms in total. The molecule has 2 rings (SSSR count). The van der Waals surface area contributed by atoms with Crippen molar-refractivity contribution in [3.8, 4) is 5.75 Å². The molecule has 0 aliphatic rings. The van der Waals surface area contributed by atoms with Gasteiger partial charge in [0.05, 0.1) is 0 Å². The van der Waals surface area contributed by atoms with Gasteiger partial charge in [-0.2, -0.15) is 0 Å². The van der Waals surface area contributed by atoms with Gasteiger partial charge in [0, 0.05) is 16.7 Å². The van der Waals surface area contributed by atoms with Crippen LogP contribution in [0.2, 0.25) is 5.02 Å². The number of rotatable bonds is 4. The van der Waals surface area contributed by atoms with Crippen LogP contribution in [0.15, 0.2) is 54.6 Å². The third kappa shape index (κ3) is 4.07. The number of ether oxygens (including phenoxy) is 1. The Kier molecular flexibility index (Phi) is 4.69. The van der Waals surface area contributed by atoms with Crippen molar-refractivity contribution in [2.75, 3.05) is 0 Å². The number of halogens is 1. The molecule has 0 aromatic heterocycles. The van der Waals surface area contributed by atoms with E-state index in [1.165, 1.54) is 6.08 Å². The minimum Gasteiger partial charge on any atom is -0.423 e. The minimum absolute atomic E-state index is 0.386. The molecule has 2 aromatic carbocycles. The molecular formula is C16H11ClO3. The number of hydrogen-bond acceptors (Lipinski definition) is 3. The molecule has 100 valence electrons. The predicted octanol–water partition coefficient (Wildman–Crippen LogP) is 3.77. The highest BCUT2D eigenvalue weighted by molar-refractivity contribution is 6.30. The molecule has 0 saturated carbocycles. The standard InChI is InChI=1S/C16H11ClO3/c17-14-3-1-2-12(10-14)6-9-16(19)20-15-7-4-13(11-18)5-8-15/h1-11H/b9-6+. The summed E-state index contributed by atoms with van der Waals surface area (Å²) in [5.74, 6) is -0.111. The van der Waals surface area contributed by atoms with E-state index in [2.05, 4.69) is 0 Å². The molecular weight excluding hydrogens is 276 g/mol. The average Bonchev–Trinajstić information content (AvgIpc) is 2.46. The second-order valence-electron chi connectivity index (χ2n) is 4.00. The first-order valence-electron chi connectivity index (χ1n) is 5.88. The predicted molar refractivity (Wildman–Crippen MR) is 78.0 cm³/mol. The second kappa shape index (κ2) is 6.68. The van der Waals surface area contributed by atoms with Gasteiger partial charge >= 0.3 is 5.97 Å². The molecule has 0 amide bonds. The fourth-order valence-electron chi connectivity index (χ4n) is 1.54. The van der Waals surface area contributed by atoms with Crippen LogP contribution in [-0.4, -0.2) is 12.3 Å². The largest absolute Gasteiger partial charge is 0.423 e. The van der Waals surface area contributed by atoms with Crippen LogP contribution in [0.5, 0.6) is 5.75 Å². The van der Waals surface area contributed by atoms with Gasteiger partial charge in [0.25, 0.3) is 0 Å². The van der Waals surface area contributed by atoms with Gasteiger partial charge in [0.15, 0.2) is 0 Å². The molecule has 0 aliphatic heterocycles. The molecule has 0 heterocycles. The molecule has 0 fully saturated rings. The first-order valence-corrected chi connectivity index (χ1v) is 6.26. The molecule has 0 bridgehead atoms. The van der Waals surface area contributed by atoms with Gasteiger partial charge in [-0.05, 0) is 48.0 Å². The Morgan fingerprint density at radius 3 is 2.45 bits per heavy atom. The molecule has 0 radical (unpaired) electrons. The average molecular weight is 287 g/mol. The summed E-state index contributed by atoms with van der Waals surface area (Å²) in [6.07, 6.45) is 3.66. The van der Waals surface area contributed by atoms with Gasteiger partial charge in [-0.15, -0.1) is 0 Å². The lowest BCUT2D eigenvalue weighted by molar-refractivity contribution is -0.128. The highest BCUT2D eigenvalue weighted by atomic mass is 35.5. The smallest absolute Gasteiger partial charge is 0.336 e. The van der Waals surface area contributed by atoms with Crippen molar-refractivity contribution in [2.24, 2.45) is 0 Å². The Morgan fingerprint density at radius 1 is 1.05 bits per heavy atom. The third-order valence-electron chi connectivity index (χ3n) is 2.50. The fraction of sp³-hybridized carbons (Fsp3) is 0. The van der Waals surface area contributed by atoms with Gasteiger partial charge in [0.2, 0.25) is 0 Å². The van der Waals surface area contributed by atoms with Gasteiger partial charge in [-0.3, -0.25) is 4.79 Å². The maximum absolute atomic E-state index is 11.6. The number of aldehydes is 1. The van der Waals surface area contributed by atoms with Crippen molar-refractivity contribution in [2.45, 2.75) is 0 Å². The van der Waals surface area contributed by atoms with Crippen molar-refractivity contribution in [3.05, 3.63) is 70.8 Å². The first-order chi connectivity index (χ1) is 9.67. The van der Waals surface area contributed by atoms with Crippen molar-refractivity contribution in [3.63, 3.8) is 0 Å². The van der Waals surface area contributed by atoms with Crippen LogP contribution in [0.25, 0.3) is 6.08 Å². The van der Waals surface area contributed by atoms with E-state index in [-0.39, 0.29) is 0 Å². The minimum atomic E-state index is -0.496. The van der Waals surface area contributed by atoms with E-state index in [9.17, 15) is 9.59 Å². The van der Waals surface area contributed by atoms with Crippen molar-refractivity contribution in [1.29, 1.82) is 0 Å². The zero-order valence-corrected chi connectivity index (χ0v) is 11.2. The Bertz CT molecular complexity index is 645. The van der Waals surface area contributed by atoms with Crippen molar-refractivity contribution in [1.82, 2.24) is 0 Å². The van der Waals surface area contributed by atoms with E-state index in [1.54, 1.807) is 48.5 Å². The summed E-state index contributed by atoms with van der Waals surface area (Å²) in [7, 11) is 0. The number of hydrogen-bond donors (Lipinski definition) is 0. The van der Waals surface area contributed by atoms with E-state index in [0.717, 1.165) is 11.8 Å². The van der Waals surface area contributed by atoms with Crippen LogP contribution in [0, 0.1) is 0 Å². The Labute approximate surface area is 121 Å². The lowest BCUT2D eigenvalue weighted by atomic mass is 10.2. The zero-order valence-electron chi connectivity index (χ0n) is 10.5. The summed E-state index contributed by atoms with van der Waals surface area (Å²) in [4.78, 5) is 22.1. The number of benzene rings is 2. The summed E-state index contributed by atoms with van der Waals surface area (Å²) in [6.45, 7) is 0. The van der Waals surface area contributed by atoms with Gasteiger partial charge in [-0.1, -0.05) is 23.7 Å². The van der Waals surface area contributed by atoms with E-state index in [1.807, 2.05) is 6.07 Å². The van der Waals surface area contributed by atoms with Crippen LogP contribution in [0.1, 0.15) is 15.9 Å². The topological polar surface area (TPSA) is 43.4 Å².